The van der Waals surface area contributed by atoms with E-state index in [-0.39, 0.29) is 17.9 Å². The van der Waals surface area contributed by atoms with E-state index in [0.29, 0.717) is 24.4 Å². The molecule has 1 fully saturated rings. The highest BCUT2D eigenvalue weighted by Crippen LogP contribution is 2.27. The Morgan fingerprint density at radius 1 is 1.31 bits per heavy atom. The lowest BCUT2D eigenvalue weighted by Gasteiger charge is -2.28. The Bertz CT molecular complexity index is 839. The lowest BCUT2D eigenvalue weighted by atomic mass is 10.0. The minimum Gasteiger partial charge on any atom is -0.368 e. The van der Waals surface area contributed by atoms with Gasteiger partial charge in [0.15, 0.2) is 0 Å². The summed E-state index contributed by atoms with van der Waals surface area (Å²) in [5.74, 6) is -0.108. The maximum atomic E-state index is 13.0. The van der Waals surface area contributed by atoms with Gasteiger partial charge < -0.3 is 15.0 Å². The number of hydrogen-bond acceptors (Lipinski definition) is 4. The van der Waals surface area contributed by atoms with Gasteiger partial charge in [-0.25, -0.2) is 0 Å². The van der Waals surface area contributed by atoms with Crippen molar-refractivity contribution in [3.8, 4) is 0 Å². The lowest BCUT2D eigenvalue weighted by molar-refractivity contribution is -0.124. The van der Waals surface area contributed by atoms with E-state index in [1.165, 1.54) is 10.4 Å². The van der Waals surface area contributed by atoms with Crippen LogP contribution in [0.4, 0.5) is 5.69 Å². The molecule has 136 valence electrons. The molecule has 1 aromatic carbocycles. The molecule has 1 unspecified atom stereocenters. The van der Waals surface area contributed by atoms with Crippen LogP contribution in [0.1, 0.15) is 39.2 Å². The quantitative estimate of drug-likeness (QED) is 0.901. The second kappa shape index (κ2) is 7.21. The van der Waals surface area contributed by atoms with Crippen molar-refractivity contribution < 1.29 is 14.3 Å². The van der Waals surface area contributed by atoms with Crippen LogP contribution < -0.4 is 5.32 Å². The summed E-state index contributed by atoms with van der Waals surface area (Å²) in [4.78, 5) is 28.6. The van der Waals surface area contributed by atoms with Crippen LogP contribution in [0.2, 0.25) is 0 Å². The van der Waals surface area contributed by atoms with E-state index in [1.54, 1.807) is 11.3 Å². The fourth-order valence-electron chi connectivity index (χ4n) is 3.59. The van der Waals surface area contributed by atoms with Gasteiger partial charge in [-0.05, 0) is 60.9 Å². The Morgan fingerprint density at radius 2 is 2.19 bits per heavy atom. The first-order chi connectivity index (χ1) is 12.6. The number of fused-ring (bicyclic) bond motifs is 1. The number of carbonyl (C=O) groups excluding carboxylic acids is 2. The first-order valence-corrected chi connectivity index (χ1v) is 9.88. The maximum absolute atomic E-state index is 13.0. The average Bonchev–Trinajstić information content (AvgIpc) is 3.34. The second-order valence-electron chi connectivity index (χ2n) is 6.81. The number of nitrogens with zero attached hydrogens (tertiary/aromatic N) is 1. The molecule has 0 aliphatic carbocycles. The predicted octanol–water partition coefficient (Wildman–Crippen LogP) is 3.37. The zero-order chi connectivity index (χ0) is 18.1. The monoisotopic (exact) mass is 370 g/mol. The highest BCUT2D eigenvalue weighted by atomic mass is 32.1. The SMILES string of the molecule is Cc1c(NC(=O)C2CCCO2)cccc1C(=O)N1CCc2sccc2C1. The minimum absolute atomic E-state index is 0.0209. The predicted molar refractivity (Wildman–Crippen MR) is 102 cm³/mol. The Kier molecular flexibility index (Phi) is 4.78. The van der Waals surface area contributed by atoms with Gasteiger partial charge in [0.05, 0.1) is 0 Å². The summed E-state index contributed by atoms with van der Waals surface area (Å²) in [5.41, 5.74) is 3.38. The summed E-state index contributed by atoms with van der Waals surface area (Å²) >= 11 is 1.76. The van der Waals surface area contributed by atoms with Gasteiger partial charge in [0.2, 0.25) is 0 Å². The number of benzene rings is 1. The number of nitrogens with one attached hydrogen (secondary N) is 1. The van der Waals surface area contributed by atoms with Crippen molar-refractivity contribution in [2.75, 3.05) is 18.5 Å². The normalized spacial score (nSPS) is 19.3. The third kappa shape index (κ3) is 3.27. The van der Waals surface area contributed by atoms with Gasteiger partial charge in [-0.1, -0.05) is 6.07 Å². The van der Waals surface area contributed by atoms with E-state index < -0.39 is 0 Å². The molecule has 3 heterocycles. The summed E-state index contributed by atoms with van der Waals surface area (Å²) in [5, 5.41) is 5.02. The third-order valence-electron chi connectivity index (χ3n) is 5.14. The largest absolute Gasteiger partial charge is 0.368 e. The lowest BCUT2D eigenvalue weighted by Crippen LogP contribution is -2.36. The van der Waals surface area contributed by atoms with Crippen LogP contribution >= 0.6 is 11.3 Å². The molecule has 4 rings (SSSR count). The standard InChI is InChI=1S/C20H22N2O3S/c1-13-15(20(24)22-9-7-18-14(12-22)8-11-26-18)4-2-5-16(13)21-19(23)17-6-3-10-25-17/h2,4-5,8,11,17H,3,6-7,9-10,12H2,1H3,(H,21,23). The van der Waals surface area contributed by atoms with Gasteiger partial charge in [0, 0.05) is 35.8 Å². The molecule has 1 aromatic heterocycles. The van der Waals surface area contributed by atoms with Crippen molar-refractivity contribution in [2.45, 2.75) is 38.8 Å². The zero-order valence-corrected chi connectivity index (χ0v) is 15.6. The number of rotatable bonds is 3. The summed E-state index contributed by atoms with van der Waals surface area (Å²) in [7, 11) is 0. The molecular weight excluding hydrogens is 348 g/mol. The van der Waals surface area contributed by atoms with Crippen molar-refractivity contribution in [1.82, 2.24) is 4.90 Å². The van der Waals surface area contributed by atoms with Crippen LogP contribution in [0.5, 0.6) is 0 Å². The van der Waals surface area contributed by atoms with Crippen LogP contribution in [-0.4, -0.2) is 36.0 Å². The second-order valence-corrected chi connectivity index (χ2v) is 7.82. The third-order valence-corrected chi connectivity index (χ3v) is 6.16. The number of amides is 2. The molecule has 1 saturated heterocycles. The van der Waals surface area contributed by atoms with Crippen LogP contribution in [-0.2, 0) is 22.5 Å². The van der Waals surface area contributed by atoms with Gasteiger partial charge in [-0.15, -0.1) is 11.3 Å². The van der Waals surface area contributed by atoms with E-state index >= 15 is 0 Å². The maximum Gasteiger partial charge on any atom is 0.254 e. The first-order valence-electron chi connectivity index (χ1n) is 9.00. The number of ether oxygens (including phenoxy) is 1. The molecule has 26 heavy (non-hydrogen) atoms. The molecule has 2 aliphatic rings. The highest BCUT2D eigenvalue weighted by molar-refractivity contribution is 7.10. The number of hydrogen-bond donors (Lipinski definition) is 1. The van der Waals surface area contributed by atoms with E-state index in [4.69, 9.17) is 4.74 Å². The molecule has 1 N–H and O–H groups in total. The Labute approximate surface area is 157 Å². The van der Waals surface area contributed by atoms with Crippen LogP contribution in [0.25, 0.3) is 0 Å². The molecule has 2 aliphatic heterocycles. The Morgan fingerprint density at radius 3 is 3.00 bits per heavy atom. The summed E-state index contributed by atoms with van der Waals surface area (Å²) < 4.78 is 5.44. The highest BCUT2D eigenvalue weighted by Gasteiger charge is 2.26. The summed E-state index contributed by atoms with van der Waals surface area (Å²) in [6.07, 6.45) is 2.19. The van der Waals surface area contributed by atoms with E-state index in [1.807, 2.05) is 30.0 Å². The minimum atomic E-state index is -0.382. The molecule has 0 bridgehead atoms. The first kappa shape index (κ1) is 17.2. The molecule has 2 aromatic rings. The van der Waals surface area contributed by atoms with Crippen molar-refractivity contribution >= 4 is 28.8 Å². The fourth-order valence-corrected chi connectivity index (χ4v) is 4.48. The Hall–Kier alpha value is -2.18. The van der Waals surface area contributed by atoms with E-state index in [2.05, 4.69) is 16.8 Å². The molecule has 2 amide bonds. The molecule has 0 radical (unpaired) electrons. The summed E-state index contributed by atoms with van der Waals surface area (Å²) in [6, 6.07) is 7.60. The van der Waals surface area contributed by atoms with Gasteiger partial charge in [0.25, 0.3) is 11.8 Å². The molecule has 0 saturated carbocycles. The average molecular weight is 370 g/mol. The van der Waals surface area contributed by atoms with Crippen molar-refractivity contribution in [3.05, 3.63) is 51.2 Å². The number of carbonyl (C=O) groups is 2. The van der Waals surface area contributed by atoms with Gasteiger partial charge in [-0.2, -0.15) is 0 Å². The fraction of sp³-hybridized carbons (Fsp3) is 0.400. The molecule has 5 nitrogen and oxygen atoms in total. The molecule has 0 spiro atoms. The van der Waals surface area contributed by atoms with E-state index in [9.17, 15) is 9.59 Å². The Balaban J connectivity index is 1.52. The van der Waals surface area contributed by atoms with Gasteiger partial charge >= 0.3 is 0 Å². The molecule has 1 atom stereocenters. The van der Waals surface area contributed by atoms with Crippen LogP contribution in [0, 0.1) is 6.92 Å². The topological polar surface area (TPSA) is 58.6 Å². The van der Waals surface area contributed by atoms with Crippen molar-refractivity contribution in [1.29, 1.82) is 0 Å². The molecular formula is C20H22N2O3S. The van der Waals surface area contributed by atoms with E-state index in [0.717, 1.165) is 31.4 Å². The number of thiophene rings is 1. The van der Waals surface area contributed by atoms with Crippen LogP contribution in [0.15, 0.2) is 29.6 Å². The van der Waals surface area contributed by atoms with Gasteiger partial charge in [0.1, 0.15) is 6.10 Å². The smallest absolute Gasteiger partial charge is 0.254 e. The van der Waals surface area contributed by atoms with Crippen molar-refractivity contribution in [2.24, 2.45) is 0 Å². The summed E-state index contributed by atoms with van der Waals surface area (Å²) in [6.45, 7) is 3.91. The van der Waals surface area contributed by atoms with Crippen molar-refractivity contribution in [3.63, 3.8) is 0 Å². The number of anilines is 1. The molecule has 6 heteroatoms. The zero-order valence-electron chi connectivity index (χ0n) is 14.8. The van der Waals surface area contributed by atoms with Crippen LogP contribution in [0.3, 0.4) is 0 Å². The van der Waals surface area contributed by atoms with Gasteiger partial charge in [-0.3, -0.25) is 9.59 Å².